The zero-order valence-corrected chi connectivity index (χ0v) is 16.1. The summed E-state index contributed by atoms with van der Waals surface area (Å²) in [5.74, 6) is 0.389. The Hall–Kier alpha value is -2.77. The average molecular weight is 375 g/mol. The summed E-state index contributed by atoms with van der Waals surface area (Å²) in [6.07, 6.45) is -0.476. The number of likely N-dealkylation sites (tertiary alicyclic amines) is 1. The fourth-order valence-corrected chi connectivity index (χ4v) is 3.86. The number of piperidine rings is 1. The monoisotopic (exact) mass is 375 g/mol. The molecule has 8 heteroatoms. The van der Waals surface area contributed by atoms with Gasteiger partial charge in [-0.1, -0.05) is 0 Å². The largest absolute Gasteiger partial charge is 0.497 e. The lowest BCUT2D eigenvalue weighted by molar-refractivity contribution is -0.135. The van der Waals surface area contributed by atoms with Gasteiger partial charge in [0.1, 0.15) is 11.3 Å². The SMILES string of the molecule is COc1ccc(N2C(=O)N(C(C)(C)C)C(=O)C23CCN(C(=O)O)CC3)cc1. The highest BCUT2D eigenvalue weighted by atomic mass is 16.5. The predicted molar refractivity (Wildman–Crippen MR) is 99.0 cm³/mol. The Balaban J connectivity index is 2.05. The molecule has 1 aromatic rings. The van der Waals surface area contributed by atoms with Gasteiger partial charge in [-0.15, -0.1) is 0 Å². The number of benzene rings is 1. The lowest BCUT2D eigenvalue weighted by atomic mass is 9.85. The third-order valence-corrected chi connectivity index (χ3v) is 5.27. The Morgan fingerprint density at radius 2 is 1.67 bits per heavy atom. The molecule has 1 N–H and O–H groups in total. The van der Waals surface area contributed by atoms with Crippen molar-refractivity contribution >= 4 is 23.7 Å². The first-order valence-corrected chi connectivity index (χ1v) is 8.92. The highest BCUT2D eigenvalue weighted by molar-refractivity contribution is 6.17. The first-order valence-electron chi connectivity index (χ1n) is 8.92. The van der Waals surface area contributed by atoms with Crippen LogP contribution in [0.25, 0.3) is 0 Å². The lowest BCUT2D eigenvalue weighted by Crippen LogP contribution is -2.58. The van der Waals surface area contributed by atoms with Crippen LogP contribution in [0.2, 0.25) is 0 Å². The molecule has 0 bridgehead atoms. The molecule has 0 aliphatic carbocycles. The van der Waals surface area contributed by atoms with Gasteiger partial charge in [0.25, 0.3) is 5.91 Å². The Morgan fingerprint density at radius 1 is 1.11 bits per heavy atom. The summed E-state index contributed by atoms with van der Waals surface area (Å²) in [5.41, 5.74) is -1.14. The number of ether oxygens (including phenoxy) is 1. The van der Waals surface area contributed by atoms with Gasteiger partial charge >= 0.3 is 12.1 Å². The summed E-state index contributed by atoms with van der Waals surface area (Å²) in [6.45, 7) is 5.87. The van der Waals surface area contributed by atoms with Crippen molar-refractivity contribution in [3.63, 3.8) is 0 Å². The molecule has 2 fully saturated rings. The summed E-state index contributed by atoms with van der Waals surface area (Å²) in [6, 6.07) is 6.62. The van der Waals surface area contributed by atoms with Gasteiger partial charge < -0.3 is 14.7 Å². The second-order valence-corrected chi connectivity index (χ2v) is 7.93. The van der Waals surface area contributed by atoms with Gasteiger partial charge in [-0.05, 0) is 57.9 Å². The Labute approximate surface area is 158 Å². The van der Waals surface area contributed by atoms with E-state index in [4.69, 9.17) is 4.74 Å². The van der Waals surface area contributed by atoms with E-state index < -0.39 is 17.2 Å². The number of imide groups is 1. The molecule has 4 amide bonds. The van der Waals surface area contributed by atoms with Gasteiger partial charge in [0.05, 0.1) is 7.11 Å². The fraction of sp³-hybridized carbons (Fsp3) is 0.526. The molecule has 2 saturated heterocycles. The van der Waals surface area contributed by atoms with Crippen molar-refractivity contribution in [3.05, 3.63) is 24.3 Å². The molecule has 27 heavy (non-hydrogen) atoms. The molecule has 8 nitrogen and oxygen atoms in total. The van der Waals surface area contributed by atoms with Crippen LogP contribution in [0.1, 0.15) is 33.6 Å². The number of carboxylic acid groups (broad SMARTS) is 1. The summed E-state index contributed by atoms with van der Waals surface area (Å²) < 4.78 is 5.18. The van der Waals surface area contributed by atoms with Crippen LogP contribution in [0.4, 0.5) is 15.3 Å². The van der Waals surface area contributed by atoms with Gasteiger partial charge in [-0.2, -0.15) is 0 Å². The molecule has 0 unspecified atom stereocenters. The third kappa shape index (κ3) is 2.98. The van der Waals surface area contributed by atoms with E-state index in [0.717, 1.165) is 0 Å². The van der Waals surface area contributed by atoms with Gasteiger partial charge in [-0.25, -0.2) is 9.59 Å². The Kier molecular flexibility index (Phi) is 4.53. The van der Waals surface area contributed by atoms with Crippen molar-refractivity contribution in [2.75, 3.05) is 25.1 Å². The molecular weight excluding hydrogens is 350 g/mol. The summed E-state index contributed by atoms with van der Waals surface area (Å²) in [4.78, 5) is 42.1. The number of anilines is 1. The highest BCUT2D eigenvalue weighted by Crippen LogP contribution is 2.43. The quantitative estimate of drug-likeness (QED) is 0.803. The second-order valence-electron chi connectivity index (χ2n) is 7.93. The molecule has 3 rings (SSSR count). The first-order chi connectivity index (χ1) is 12.6. The Morgan fingerprint density at radius 3 is 2.11 bits per heavy atom. The van der Waals surface area contributed by atoms with Crippen molar-refractivity contribution in [2.45, 2.75) is 44.7 Å². The maximum absolute atomic E-state index is 13.4. The number of carbonyl (C=O) groups excluding carboxylic acids is 2. The minimum absolute atomic E-state index is 0.207. The fourth-order valence-electron chi connectivity index (χ4n) is 3.86. The summed E-state index contributed by atoms with van der Waals surface area (Å²) in [5, 5.41) is 9.25. The van der Waals surface area contributed by atoms with E-state index in [9.17, 15) is 19.5 Å². The van der Waals surface area contributed by atoms with E-state index >= 15 is 0 Å². The van der Waals surface area contributed by atoms with Gasteiger partial charge in [0.2, 0.25) is 0 Å². The van der Waals surface area contributed by atoms with Gasteiger partial charge in [-0.3, -0.25) is 14.6 Å². The molecule has 2 heterocycles. The first kappa shape index (κ1) is 19.0. The molecule has 1 spiro atoms. The number of nitrogens with zero attached hydrogens (tertiary/aromatic N) is 3. The smallest absolute Gasteiger partial charge is 0.407 e. The van der Waals surface area contributed by atoms with Crippen molar-refractivity contribution in [3.8, 4) is 5.75 Å². The molecule has 2 aliphatic heterocycles. The van der Waals surface area contributed by atoms with Crippen molar-refractivity contribution in [2.24, 2.45) is 0 Å². The number of amides is 4. The summed E-state index contributed by atoms with van der Waals surface area (Å²) in [7, 11) is 1.56. The van der Waals surface area contributed by atoms with Crippen molar-refractivity contribution in [1.29, 1.82) is 0 Å². The minimum atomic E-state index is -1.06. The standard InChI is InChI=1S/C19H25N3O5/c1-18(2,3)22-15(23)19(9-11-20(12-10-19)17(25)26)21(16(22)24)13-5-7-14(27-4)8-6-13/h5-8H,9-12H2,1-4H3,(H,25,26). The molecule has 1 aromatic carbocycles. The van der Waals surface area contributed by atoms with Crippen LogP contribution < -0.4 is 9.64 Å². The molecule has 0 aromatic heterocycles. The zero-order valence-electron chi connectivity index (χ0n) is 16.1. The molecule has 0 radical (unpaired) electrons. The van der Waals surface area contributed by atoms with E-state index in [1.54, 1.807) is 36.3 Å². The number of urea groups is 1. The number of hydrogen-bond acceptors (Lipinski definition) is 4. The van der Waals surface area contributed by atoms with E-state index in [2.05, 4.69) is 0 Å². The predicted octanol–water partition coefficient (Wildman–Crippen LogP) is 2.77. The molecule has 0 atom stereocenters. The number of hydrogen-bond donors (Lipinski definition) is 1. The maximum Gasteiger partial charge on any atom is 0.407 e. The van der Waals surface area contributed by atoms with Crippen LogP contribution in [0.15, 0.2) is 24.3 Å². The molecular formula is C19H25N3O5. The number of methoxy groups -OCH3 is 1. The van der Waals surface area contributed by atoms with Crippen molar-refractivity contribution in [1.82, 2.24) is 9.80 Å². The van der Waals surface area contributed by atoms with E-state index in [0.29, 0.717) is 11.4 Å². The van der Waals surface area contributed by atoms with Crippen LogP contribution in [0.5, 0.6) is 5.75 Å². The van der Waals surface area contributed by atoms with Crippen LogP contribution in [0, 0.1) is 0 Å². The van der Waals surface area contributed by atoms with Crippen LogP contribution >= 0.6 is 0 Å². The molecule has 2 aliphatic rings. The van der Waals surface area contributed by atoms with Crippen molar-refractivity contribution < 1.29 is 24.2 Å². The average Bonchev–Trinajstić information content (AvgIpc) is 2.82. The minimum Gasteiger partial charge on any atom is -0.497 e. The third-order valence-electron chi connectivity index (χ3n) is 5.27. The number of carbonyl (C=O) groups is 3. The van der Waals surface area contributed by atoms with Crippen LogP contribution in [0.3, 0.4) is 0 Å². The second kappa shape index (κ2) is 6.44. The van der Waals surface area contributed by atoms with E-state index in [1.807, 2.05) is 20.8 Å². The zero-order chi connectivity index (χ0) is 20.0. The van der Waals surface area contributed by atoms with Gasteiger partial charge in [0, 0.05) is 24.3 Å². The maximum atomic E-state index is 13.4. The normalized spacial score (nSPS) is 19.8. The van der Waals surface area contributed by atoms with Gasteiger partial charge in [0.15, 0.2) is 0 Å². The van der Waals surface area contributed by atoms with Crippen LogP contribution in [-0.4, -0.2) is 64.2 Å². The van der Waals surface area contributed by atoms with E-state index in [1.165, 1.54) is 9.80 Å². The number of rotatable bonds is 2. The highest BCUT2D eigenvalue weighted by Gasteiger charge is 2.61. The van der Waals surface area contributed by atoms with E-state index in [-0.39, 0.29) is 37.9 Å². The summed E-state index contributed by atoms with van der Waals surface area (Å²) >= 11 is 0. The Bertz CT molecular complexity index is 761. The van der Waals surface area contributed by atoms with Crippen LogP contribution in [-0.2, 0) is 4.79 Å². The molecule has 146 valence electrons. The topological polar surface area (TPSA) is 90.4 Å². The lowest BCUT2D eigenvalue weighted by Gasteiger charge is -2.41. The molecule has 0 saturated carbocycles.